The molecule has 0 aliphatic heterocycles. The van der Waals surface area contributed by atoms with Gasteiger partial charge in [-0.05, 0) is 48.9 Å². The van der Waals surface area contributed by atoms with Crippen LogP contribution in [-0.4, -0.2) is 26.3 Å². The molecular weight excluding hydrogens is 238 g/mol. The zero-order valence-electron chi connectivity index (χ0n) is 12.2. The molecule has 0 amide bonds. The molecule has 0 spiro atoms. The Balaban J connectivity index is 1.66. The molecule has 3 unspecified atom stereocenters. The van der Waals surface area contributed by atoms with Crippen LogP contribution in [0.2, 0.25) is 0 Å². The summed E-state index contributed by atoms with van der Waals surface area (Å²) in [6.07, 6.45) is 2.64. The predicted octanol–water partition coefficient (Wildman–Crippen LogP) is 3.10. The monoisotopic (exact) mass is 263 g/mol. The fourth-order valence-electron chi connectivity index (χ4n) is 2.74. The maximum absolute atomic E-state index is 5.71. The van der Waals surface area contributed by atoms with Crippen LogP contribution in [0.25, 0.3) is 0 Å². The van der Waals surface area contributed by atoms with Gasteiger partial charge in [-0.3, -0.25) is 0 Å². The largest absolute Gasteiger partial charge is 0.497 e. The zero-order valence-corrected chi connectivity index (χ0v) is 12.2. The number of nitrogens with one attached hydrogen (secondary N) is 1. The van der Waals surface area contributed by atoms with E-state index in [1.807, 2.05) is 24.3 Å². The molecule has 1 aliphatic carbocycles. The van der Waals surface area contributed by atoms with Gasteiger partial charge in [0, 0.05) is 12.6 Å². The SMILES string of the molecule is COc1ccc(OCCNC2CCC(C)C2C)cc1. The molecule has 1 aliphatic rings. The minimum Gasteiger partial charge on any atom is -0.497 e. The van der Waals surface area contributed by atoms with Gasteiger partial charge in [-0.1, -0.05) is 13.8 Å². The molecule has 19 heavy (non-hydrogen) atoms. The maximum atomic E-state index is 5.71. The predicted molar refractivity (Wildman–Crippen MR) is 77.8 cm³/mol. The van der Waals surface area contributed by atoms with Crippen LogP contribution >= 0.6 is 0 Å². The van der Waals surface area contributed by atoms with Gasteiger partial charge in [0.05, 0.1) is 7.11 Å². The lowest BCUT2D eigenvalue weighted by Crippen LogP contribution is -2.35. The van der Waals surface area contributed by atoms with E-state index in [-0.39, 0.29) is 0 Å². The first-order valence-electron chi connectivity index (χ1n) is 7.21. The average molecular weight is 263 g/mol. The fourth-order valence-corrected chi connectivity index (χ4v) is 2.74. The Hall–Kier alpha value is -1.22. The van der Waals surface area contributed by atoms with Crippen molar-refractivity contribution >= 4 is 0 Å². The zero-order chi connectivity index (χ0) is 13.7. The van der Waals surface area contributed by atoms with Crippen LogP contribution in [0.3, 0.4) is 0 Å². The highest BCUT2D eigenvalue weighted by molar-refractivity contribution is 5.31. The molecular formula is C16H25NO2. The van der Waals surface area contributed by atoms with E-state index in [1.165, 1.54) is 12.8 Å². The fraction of sp³-hybridized carbons (Fsp3) is 0.625. The van der Waals surface area contributed by atoms with Crippen LogP contribution in [0.1, 0.15) is 26.7 Å². The molecule has 1 aromatic carbocycles. The highest BCUT2D eigenvalue weighted by Crippen LogP contribution is 2.30. The normalized spacial score (nSPS) is 26.4. The molecule has 0 bridgehead atoms. The Bertz CT molecular complexity index is 377. The molecule has 1 aromatic rings. The first kappa shape index (κ1) is 14.2. The Morgan fingerprint density at radius 2 is 1.79 bits per heavy atom. The number of benzene rings is 1. The summed E-state index contributed by atoms with van der Waals surface area (Å²) in [6.45, 7) is 6.32. The van der Waals surface area contributed by atoms with E-state index in [1.54, 1.807) is 7.11 Å². The second kappa shape index (κ2) is 6.80. The first-order chi connectivity index (χ1) is 9.20. The van der Waals surface area contributed by atoms with Gasteiger partial charge in [-0.15, -0.1) is 0 Å². The van der Waals surface area contributed by atoms with Crippen LogP contribution in [0, 0.1) is 11.8 Å². The van der Waals surface area contributed by atoms with Crippen LogP contribution in [0.15, 0.2) is 24.3 Å². The van der Waals surface area contributed by atoms with E-state index in [0.717, 1.165) is 29.9 Å². The van der Waals surface area contributed by atoms with Crippen molar-refractivity contribution < 1.29 is 9.47 Å². The number of methoxy groups -OCH3 is 1. The molecule has 1 saturated carbocycles. The molecule has 0 heterocycles. The van der Waals surface area contributed by atoms with E-state index < -0.39 is 0 Å². The molecule has 0 radical (unpaired) electrons. The Morgan fingerprint density at radius 1 is 1.11 bits per heavy atom. The smallest absolute Gasteiger partial charge is 0.119 e. The summed E-state index contributed by atoms with van der Waals surface area (Å²) in [5, 5.41) is 3.60. The van der Waals surface area contributed by atoms with E-state index >= 15 is 0 Å². The van der Waals surface area contributed by atoms with Gasteiger partial charge < -0.3 is 14.8 Å². The van der Waals surface area contributed by atoms with Crippen molar-refractivity contribution in [2.75, 3.05) is 20.3 Å². The molecule has 0 saturated heterocycles. The second-order valence-electron chi connectivity index (χ2n) is 5.50. The summed E-state index contributed by atoms with van der Waals surface area (Å²) in [5.41, 5.74) is 0. The third kappa shape index (κ3) is 3.87. The van der Waals surface area contributed by atoms with Gasteiger partial charge >= 0.3 is 0 Å². The van der Waals surface area contributed by atoms with Crippen molar-refractivity contribution in [3.8, 4) is 11.5 Å². The van der Waals surface area contributed by atoms with Crippen molar-refractivity contribution in [3.05, 3.63) is 24.3 Å². The highest BCUT2D eigenvalue weighted by Gasteiger charge is 2.28. The standard InChI is InChI=1S/C16H25NO2/c1-12-4-9-16(13(12)2)17-10-11-19-15-7-5-14(18-3)6-8-15/h5-8,12-13,16-17H,4,9-11H2,1-3H3. The van der Waals surface area contributed by atoms with Crippen molar-refractivity contribution in [2.45, 2.75) is 32.7 Å². The number of ether oxygens (including phenoxy) is 2. The molecule has 3 nitrogen and oxygen atoms in total. The molecule has 3 heteroatoms. The molecule has 106 valence electrons. The summed E-state index contributed by atoms with van der Waals surface area (Å²) in [4.78, 5) is 0. The summed E-state index contributed by atoms with van der Waals surface area (Å²) >= 11 is 0. The van der Waals surface area contributed by atoms with Crippen molar-refractivity contribution in [1.82, 2.24) is 5.32 Å². The highest BCUT2D eigenvalue weighted by atomic mass is 16.5. The van der Waals surface area contributed by atoms with E-state index in [2.05, 4.69) is 19.2 Å². The van der Waals surface area contributed by atoms with Gasteiger partial charge in [0.2, 0.25) is 0 Å². The Labute approximate surface area is 116 Å². The third-order valence-corrected chi connectivity index (χ3v) is 4.30. The van der Waals surface area contributed by atoms with E-state index in [9.17, 15) is 0 Å². The molecule has 1 fully saturated rings. The third-order valence-electron chi connectivity index (χ3n) is 4.30. The summed E-state index contributed by atoms with van der Waals surface area (Å²) in [5.74, 6) is 3.38. The van der Waals surface area contributed by atoms with E-state index in [0.29, 0.717) is 12.6 Å². The summed E-state index contributed by atoms with van der Waals surface area (Å²) in [7, 11) is 1.67. The van der Waals surface area contributed by atoms with Crippen molar-refractivity contribution in [3.63, 3.8) is 0 Å². The van der Waals surface area contributed by atoms with Crippen LogP contribution in [0.4, 0.5) is 0 Å². The number of rotatable bonds is 6. The number of hydrogen-bond donors (Lipinski definition) is 1. The first-order valence-corrected chi connectivity index (χ1v) is 7.21. The maximum Gasteiger partial charge on any atom is 0.119 e. The lowest BCUT2D eigenvalue weighted by atomic mass is 9.98. The molecule has 0 aromatic heterocycles. The lowest BCUT2D eigenvalue weighted by molar-refractivity contribution is 0.289. The van der Waals surface area contributed by atoms with E-state index in [4.69, 9.17) is 9.47 Å². The van der Waals surface area contributed by atoms with Gasteiger partial charge in [-0.2, -0.15) is 0 Å². The van der Waals surface area contributed by atoms with Crippen LogP contribution in [0.5, 0.6) is 11.5 Å². The lowest BCUT2D eigenvalue weighted by Gasteiger charge is -2.19. The van der Waals surface area contributed by atoms with Crippen molar-refractivity contribution in [1.29, 1.82) is 0 Å². The minimum absolute atomic E-state index is 0.662. The molecule has 1 N–H and O–H groups in total. The minimum atomic E-state index is 0.662. The van der Waals surface area contributed by atoms with Gasteiger partial charge in [0.1, 0.15) is 18.1 Å². The van der Waals surface area contributed by atoms with Crippen LogP contribution in [-0.2, 0) is 0 Å². The topological polar surface area (TPSA) is 30.5 Å². The summed E-state index contributed by atoms with van der Waals surface area (Å²) in [6, 6.07) is 8.39. The quantitative estimate of drug-likeness (QED) is 0.800. The van der Waals surface area contributed by atoms with Crippen LogP contribution < -0.4 is 14.8 Å². The average Bonchev–Trinajstić information content (AvgIpc) is 2.76. The molecule has 3 atom stereocenters. The van der Waals surface area contributed by atoms with Crippen molar-refractivity contribution in [2.24, 2.45) is 11.8 Å². The van der Waals surface area contributed by atoms with Gasteiger partial charge in [-0.25, -0.2) is 0 Å². The molecule has 2 rings (SSSR count). The summed E-state index contributed by atoms with van der Waals surface area (Å²) < 4.78 is 10.8. The Kier molecular flexibility index (Phi) is 5.08. The second-order valence-corrected chi connectivity index (χ2v) is 5.50. The van der Waals surface area contributed by atoms with Gasteiger partial charge in [0.25, 0.3) is 0 Å². The van der Waals surface area contributed by atoms with Gasteiger partial charge in [0.15, 0.2) is 0 Å². The Morgan fingerprint density at radius 3 is 2.37 bits per heavy atom. The number of hydrogen-bond acceptors (Lipinski definition) is 3.